The Labute approximate surface area is 141 Å². The number of pyridine rings is 1. The molecule has 1 aliphatic rings. The number of benzene rings is 1. The number of amides is 1. The topological polar surface area (TPSA) is 77.4 Å². The first-order valence-corrected chi connectivity index (χ1v) is 7.86. The van der Waals surface area contributed by atoms with Gasteiger partial charge in [0.2, 0.25) is 11.3 Å². The van der Waals surface area contributed by atoms with Crippen LogP contribution in [0, 0.1) is 11.6 Å². The Morgan fingerprint density at radius 2 is 2.04 bits per heavy atom. The van der Waals surface area contributed by atoms with Crippen molar-refractivity contribution in [2.24, 2.45) is 0 Å². The monoisotopic (exact) mass is 350 g/mol. The fourth-order valence-corrected chi connectivity index (χ4v) is 2.75. The van der Waals surface area contributed by atoms with E-state index in [-0.39, 0.29) is 29.1 Å². The number of esters is 1. The molecule has 0 saturated heterocycles. The number of ether oxygens (including phenoxy) is 1. The number of nitrogens with one attached hydrogen (secondary N) is 1. The van der Waals surface area contributed by atoms with E-state index in [4.69, 9.17) is 4.74 Å². The van der Waals surface area contributed by atoms with Crippen molar-refractivity contribution in [1.29, 1.82) is 0 Å². The third-order valence-electron chi connectivity index (χ3n) is 3.95. The molecule has 1 aliphatic carbocycles. The zero-order chi connectivity index (χ0) is 18.3. The molecule has 25 heavy (non-hydrogen) atoms. The minimum absolute atomic E-state index is 0.0219. The van der Waals surface area contributed by atoms with Crippen LogP contribution in [0.2, 0.25) is 0 Å². The van der Waals surface area contributed by atoms with E-state index in [0.29, 0.717) is 0 Å². The summed E-state index contributed by atoms with van der Waals surface area (Å²) < 4.78 is 34.7. The highest BCUT2D eigenvalue weighted by molar-refractivity contribution is 6.03. The van der Waals surface area contributed by atoms with Crippen LogP contribution in [0.3, 0.4) is 0 Å². The van der Waals surface area contributed by atoms with Crippen LogP contribution in [-0.2, 0) is 9.53 Å². The second-order valence-electron chi connectivity index (χ2n) is 5.85. The van der Waals surface area contributed by atoms with Crippen LogP contribution in [0.5, 0.6) is 0 Å². The van der Waals surface area contributed by atoms with E-state index in [1.54, 1.807) is 11.5 Å². The summed E-state index contributed by atoms with van der Waals surface area (Å²) in [6.07, 6.45) is 2.89. The van der Waals surface area contributed by atoms with Gasteiger partial charge in [0.1, 0.15) is 5.56 Å². The second-order valence-corrected chi connectivity index (χ2v) is 5.85. The van der Waals surface area contributed by atoms with E-state index >= 15 is 0 Å². The van der Waals surface area contributed by atoms with Crippen molar-refractivity contribution in [3.05, 3.63) is 39.7 Å². The van der Waals surface area contributed by atoms with Crippen molar-refractivity contribution in [3.63, 3.8) is 0 Å². The van der Waals surface area contributed by atoms with E-state index in [9.17, 15) is 23.2 Å². The Balaban J connectivity index is 2.41. The van der Waals surface area contributed by atoms with E-state index in [1.165, 1.54) is 6.20 Å². The summed E-state index contributed by atoms with van der Waals surface area (Å²) >= 11 is 0. The van der Waals surface area contributed by atoms with Crippen LogP contribution in [0.25, 0.3) is 10.9 Å². The van der Waals surface area contributed by atoms with Crippen LogP contribution < -0.4 is 10.7 Å². The van der Waals surface area contributed by atoms with Gasteiger partial charge in [0.25, 0.3) is 0 Å². The Bertz CT molecular complexity index is 948. The average Bonchev–Trinajstić information content (AvgIpc) is 3.36. The molecule has 1 fully saturated rings. The van der Waals surface area contributed by atoms with Gasteiger partial charge in [-0.3, -0.25) is 9.59 Å². The van der Waals surface area contributed by atoms with Crippen LogP contribution in [0.4, 0.5) is 14.5 Å². The molecular weight excluding hydrogens is 334 g/mol. The Morgan fingerprint density at radius 1 is 1.36 bits per heavy atom. The van der Waals surface area contributed by atoms with Gasteiger partial charge in [0, 0.05) is 25.2 Å². The summed E-state index contributed by atoms with van der Waals surface area (Å²) in [6.45, 7) is 2.77. The number of hydrogen-bond acceptors (Lipinski definition) is 4. The Morgan fingerprint density at radius 3 is 2.60 bits per heavy atom. The van der Waals surface area contributed by atoms with E-state index < -0.39 is 34.6 Å². The fourth-order valence-electron chi connectivity index (χ4n) is 2.75. The van der Waals surface area contributed by atoms with Crippen molar-refractivity contribution in [2.45, 2.75) is 32.7 Å². The highest BCUT2D eigenvalue weighted by atomic mass is 19.2. The first-order chi connectivity index (χ1) is 11.8. The molecule has 0 atom stereocenters. The molecule has 0 radical (unpaired) electrons. The maximum absolute atomic E-state index is 14.2. The molecule has 0 bridgehead atoms. The third-order valence-corrected chi connectivity index (χ3v) is 3.95. The summed E-state index contributed by atoms with van der Waals surface area (Å²) in [5.41, 5.74) is -1.52. The molecule has 2 aromatic rings. The number of fused-ring (bicyclic) bond motifs is 1. The van der Waals surface area contributed by atoms with Gasteiger partial charge in [-0.15, -0.1) is 0 Å². The van der Waals surface area contributed by atoms with Crippen LogP contribution >= 0.6 is 0 Å². The van der Waals surface area contributed by atoms with Crippen molar-refractivity contribution < 1.29 is 23.1 Å². The lowest BCUT2D eigenvalue weighted by molar-refractivity contribution is -0.114. The first kappa shape index (κ1) is 17.1. The van der Waals surface area contributed by atoms with E-state index in [0.717, 1.165) is 25.8 Å². The first-order valence-electron chi connectivity index (χ1n) is 7.86. The normalized spacial score (nSPS) is 13.8. The smallest absolute Gasteiger partial charge is 0.343 e. The summed E-state index contributed by atoms with van der Waals surface area (Å²) in [6, 6.07) is 0.885. The number of hydrogen-bond donors (Lipinski definition) is 1. The summed E-state index contributed by atoms with van der Waals surface area (Å²) in [5.74, 6) is -4.04. The zero-order valence-corrected chi connectivity index (χ0v) is 13.7. The molecule has 1 aromatic carbocycles. The predicted octanol–water partition coefficient (Wildman–Crippen LogP) is 2.75. The number of aromatic nitrogens is 1. The lowest BCUT2D eigenvalue weighted by atomic mass is 10.1. The van der Waals surface area contributed by atoms with Gasteiger partial charge in [-0.2, -0.15) is 0 Å². The number of anilines is 1. The second kappa shape index (κ2) is 6.27. The third kappa shape index (κ3) is 2.99. The molecule has 1 aromatic heterocycles. The SMILES string of the molecule is CCOC(=O)c1cn(C2CC2)c2cc(F)c(F)c(NC(C)=O)c2c1=O. The number of rotatable bonds is 4. The molecule has 6 nitrogen and oxygen atoms in total. The minimum Gasteiger partial charge on any atom is -0.462 e. The highest BCUT2D eigenvalue weighted by Crippen LogP contribution is 2.38. The van der Waals surface area contributed by atoms with Crippen molar-refractivity contribution >= 4 is 28.5 Å². The molecule has 0 aliphatic heterocycles. The maximum Gasteiger partial charge on any atom is 0.343 e. The number of carbonyl (C=O) groups excluding carboxylic acids is 2. The fraction of sp³-hybridized carbons (Fsp3) is 0.353. The standard InChI is InChI=1S/C17H16F2N2O4/c1-3-25-17(24)10-7-21(9-4-5-9)12-6-11(18)14(19)15(20-8(2)22)13(12)16(10)23/h6-7,9H,3-5H2,1-2H3,(H,20,22). The van der Waals surface area contributed by atoms with E-state index in [2.05, 4.69) is 5.32 Å². The average molecular weight is 350 g/mol. The van der Waals surface area contributed by atoms with E-state index in [1.807, 2.05) is 0 Å². The largest absolute Gasteiger partial charge is 0.462 e. The zero-order valence-electron chi connectivity index (χ0n) is 13.7. The molecule has 0 spiro atoms. The molecule has 1 amide bonds. The van der Waals surface area contributed by atoms with Gasteiger partial charge in [-0.1, -0.05) is 0 Å². The Kier molecular flexibility index (Phi) is 4.28. The number of nitrogens with zero attached hydrogens (tertiary/aromatic N) is 1. The molecule has 0 unspecified atom stereocenters. The van der Waals surface area contributed by atoms with Crippen LogP contribution in [0.15, 0.2) is 17.1 Å². The number of halogens is 2. The molecule has 8 heteroatoms. The maximum atomic E-state index is 14.2. The molecule has 1 N–H and O–H groups in total. The molecule has 1 heterocycles. The van der Waals surface area contributed by atoms with Crippen molar-refractivity contribution in [2.75, 3.05) is 11.9 Å². The lowest BCUT2D eigenvalue weighted by Crippen LogP contribution is -2.23. The number of carbonyl (C=O) groups is 2. The molecule has 132 valence electrons. The Hall–Kier alpha value is -2.77. The van der Waals surface area contributed by atoms with Gasteiger partial charge in [0.05, 0.1) is 23.2 Å². The van der Waals surface area contributed by atoms with Crippen LogP contribution in [0.1, 0.15) is 43.1 Å². The quantitative estimate of drug-likeness (QED) is 0.860. The van der Waals surface area contributed by atoms with Crippen molar-refractivity contribution in [3.8, 4) is 0 Å². The van der Waals surface area contributed by atoms with Gasteiger partial charge in [-0.25, -0.2) is 13.6 Å². The predicted molar refractivity (Wildman–Crippen MR) is 86.7 cm³/mol. The highest BCUT2D eigenvalue weighted by Gasteiger charge is 2.29. The lowest BCUT2D eigenvalue weighted by Gasteiger charge is -2.16. The summed E-state index contributed by atoms with van der Waals surface area (Å²) in [4.78, 5) is 36.2. The van der Waals surface area contributed by atoms with Crippen LogP contribution in [-0.4, -0.2) is 23.1 Å². The minimum atomic E-state index is -1.34. The molecular formula is C17H16F2N2O4. The van der Waals surface area contributed by atoms with Gasteiger partial charge < -0.3 is 14.6 Å². The van der Waals surface area contributed by atoms with Crippen molar-refractivity contribution in [1.82, 2.24) is 4.57 Å². The van der Waals surface area contributed by atoms with Gasteiger partial charge in [-0.05, 0) is 19.8 Å². The van der Waals surface area contributed by atoms with Gasteiger partial charge in [0.15, 0.2) is 11.6 Å². The van der Waals surface area contributed by atoms with Gasteiger partial charge >= 0.3 is 5.97 Å². The molecule has 3 rings (SSSR count). The summed E-state index contributed by atoms with van der Waals surface area (Å²) in [7, 11) is 0. The summed E-state index contributed by atoms with van der Waals surface area (Å²) in [5, 5.41) is 1.92. The molecule has 1 saturated carbocycles.